The monoisotopic (exact) mass is 252 g/mol. The van der Waals surface area contributed by atoms with Crippen LogP contribution < -0.4 is 10.2 Å². The Hall–Kier alpha value is -1.36. The third-order valence-electron chi connectivity index (χ3n) is 3.37. The van der Waals surface area contributed by atoms with Gasteiger partial charge in [-0.1, -0.05) is 0 Å². The normalized spacial score (nSPS) is 22.8. The van der Waals surface area contributed by atoms with Crippen molar-refractivity contribution in [3.63, 3.8) is 0 Å². The second-order valence-electron chi connectivity index (χ2n) is 4.47. The largest absolute Gasteiger partial charge is 0.343 e. The van der Waals surface area contributed by atoms with Gasteiger partial charge >= 0.3 is 0 Å². The topological polar surface area (TPSA) is 58.1 Å². The molecule has 6 heteroatoms. The number of aryl methyl sites for hydroxylation is 1. The summed E-state index contributed by atoms with van der Waals surface area (Å²) in [6.45, 7) is 2.69. The van der Waals surface area contributed by atoms with Gasteiger partial charge in [-0.2, -0.15) is 4.98 Å². The van der Waals surface area contributed by atoms with Gasteiger partial charge in [0.05, 0.1) is 5.69 Å². The van der Waals surface area contributed by atoms with Crippen molar-refractivity contribution in [3.05, 3.63) is 11.0 Å². The highest BCUT2D eigenvalue weighted by Crippen LogP contribution is 2.36. The van der Waals surface area contributed by atoms with Crippen molar-refractivity contribution in [3.8, 4) is 0 Å². The molecule has 2 aliphatic rings. The van der Waals surface area contributed by atoms with E-state index >= 15 is 0 Å². The fourth-order valence-corrected chi connectivity index (χ4v) is 2.75. The van der Waals surface area contributed by atoms with E-state index < -0.39 is 0 Å². The van der Waals surface area contributed by atoms with E-state index in [0.29, 0.717) is 5.69 Å². The number of aromatic nitrogens is 2. The highest BCUT2D eigenvalue weighted by atomic mass is 35.5. The summed E-state index contributed by atoms with van der Waals surface area (Å²) in [7, 11) is 0. The summed E-state index contributed by atoms with van der Waals surface area (Å²) in [5, 5.41) is 3.13. The summed E-state index contributed by atoms with van der Waals surface area (Å²) in [5.41, 5.74) is 1.43. The molecular formula is C11H13ClN4O. The summed E-state index contributed by atoms with van der Waals surface area (Å²) < 4.78 is 0. The molecular weight excluding hydrogens is 240 g/mol. The van der Waals surface area contributed by atoms with Crippen molar-refractivity contribution in [1.82, 2.24) is 9.97 Å². The maximum atomic E-state index is 12.0. The van der Waals surface area contributed by atoms with Gasteiger partial charge in [0.15, 0.2) is 5.82 Å². The number of halogens is 1. The number of anilines is 2. The van der Waals surface area contributed by atoms with Crippen molar-refractivity contribution < 1.29 is 4.79 Å². The first-order chi connectivity index (χ1) is 8.16. The quantitative estimate of drug-likeness (QED) is 0.715. The SMILES string of the molecule is Cc1nc(Cl)nc2c1NC(=O)C1CCCCN21. The molecule has 0 bridgehead atoms. The Bertz CT molecular complexity index is 491. The molecule has 1 N–H and O–H groups in total. The maximum Gasteiger partial charge on any atom is 0.247 e. The number of nitrogens with one attached hydrogen (secondary N) is 1. The molecule has 1 aromatic rings. The van der Waals surface area contributed by atoms with Crippen molar-refractivity contribution in [1.29, 1.82) is 0 Å². The minimum Gasteiger partial charge on any atom is -0.343 e. The van der Waals surface area contributed by atoms with E-state index in [1.807, 2.05) is 6.92 Å². The van der Waals surface area contributed by atoms with Gasteiger partial charge in [-0.25, -0.2) is 4.98 Å². The lowest BCUT2D eigenvalue weighted by Crippen LogP contribution is -2.51. The third-order valence-corrected chi connectivity index (χ3v) is 3.54. The van der Waals surface area contributed by atoms with Crippen LogP contribution in [-0.2, 0) is 4.79 Å². The van der Waals surface area contributed by atoms with Crippen LogP contribution in [0.25, 0.3) is 0 Å². The van der Waals surface area contributed by atoms with Crippen LogP contribution in [0.1, 0.15) is 25.0 Å². The minimum absolute atomic E-state index is 0.0474. The van der Waals surface area contributed by atoms with Gasteiger partial charge in [-0.05, 0) is 37.8 Å². The van der Waals surface area contributed by atoms with Crippen molar-refractivity contribution in [2.75, 3.05) is 16.8 Å². The molecule has 1 fully saturated rings. The zero-order valence-corrected chi connectivity index (χ0v) is 10.3. The summed E-state index contributed by atoms with van der Waals surface area (Å²) in [5.74, 6) is 0.818. The van der Waals surface area contributed by atoms with Crippen molar-refractivity contribution in [2.45, 2.75) is 32.2 Å². The van der Waals surface area contributed by atoms with E-state index in [0.717, 1.165) is 37.3 Å². The number of piperidine rings is 1. The van der Waals surface area contributed by atoms with E-state index in [1.165, 1.54) is 0 Å². The van der Waals surface area contributed by atoms with E-state index in [-0.39, 0.29) is 17.2 Å². The molecule has 1 unspecified atom stereocenters. The number of carbonyl (C=O) groups is 1. The number of hydrogen-bond acceptors (Lipinski definition) is 4. The molecule has 0 spiro atoms. The zero-order chi connectivity index (χ0) is 12.0. The average Bonchev–Trinajstić information content (AvgIpc) is 2.31. The Labute approximate surface area is 104 Å². The molecule has 1 atom stereocenters. The summed E-state index contributed by atoms with van der Waals surface area (Å²) in [6.07, 6.45) is 3.05. The fraction of sp³-hybridized carbons (Fsp3) is 0.545. The lowest BCUT2D eigenvalue weighted by molar-refractivity contribution is -0.118. The Morgan fingerprint density at radius 2 is 2.24 bits per heavy atom. The Morgan fingerprint density at radius 1 is 1.41 bits per heavy atom. The van der Waals surface area contributed by atoms with Gasteiger partial charge in [-0.15, -0.1) is 0 Å². The van der Waals surface area contributed by atoms with E-state index in [9.17, 15) is 4.79 Å². The lowest BCUT2D eigenvalue weighted by Gasteiger charge is -2.40. The number of rotatable bonds is 0. The molecule has 90 valence electrons. The molecule has 2 aliphatic heterocycles. The molecule has 5 nitrogen and oxygen atoms in total. The van der Waals surface area contributed by atoms with Gasteiger partial charge in [0, 0.05) is 6.54 Å². The first kappa shape index (κ1) is 10.8. The number of carbonyl (C=O) groups excluding carboxylic acids is 1. The Morgan fingerprint density at radius 3 is 3.06 bits per heavy atom. The van der Waals surface area contributed by atoms with Gasteiger partial charge in [-0.3, -0.25) is 4.79 Å². The summed E-state index contributed by atoms with van der Waals surface area (Å²) in [6, 6.07) is -0.0957. The van der Waals surface area contributed by atoms with E-state index in [2.05, 4.69) is 20.2 Å². The first-order valence-corrected chi connectivity index (χ1v) is 6.16. The van der Waals surface area contributed by atoms with Crippen LogP contribution in [0.15, 0.2) is 0 Å². The van der Waals surface area contributed by atoms with Crippen molar-refractivity contribution >= 4 is 29.0 Å². The van der Waals surface area contributed by atoms with Crippen LogP contribution in [0.4, 0.5) is 11.5 Å². The zero-order valence-electron chi connectivity index (χ0n) is 9.53. The molecule has 1 aromatic heterocycles. The number of hydrogen-bond donors (Lipinski definition) is 1. The molecule has 0 saturated carbocycles. The maximum absolute atomic E-state index is 12.0. The van der Waals surface area contributed by atoms with Crippen LogP contribution in [0.2, 0.25) is 5.28 Å². The third kappa shape index (κ3) is 1.65. The van der Waals surface area contributed by atoms with Crippen LogP contribution in [-0.4, -0.2) is 28.5 Å². The van der Waals surface area contributed by atoms with Crippen LogP contribution >= 0.6 is 11.6 Å². The molecule has 3 heterocycles. The summed E-state index contributed by atoms with van der Waals surface area (Å²) in [4.78, 5) is 22.4. The molecule has 3 rings (SSSR count). The van der Waals surface area contributed by atoms with Gasteiger partial charge in [0.1, 0.15) is 11.7 Å². The van der Waals surface area contributed by atoms with Gasteiger partial charge in [0.25, 0.3) is 0 Å². The molecule has 0 aromatic carbocycles. The smallest absolute Gasteiger partial charge is 0.247 e. The Kier molecular flexibility index (Phi) is 2.43. The van der Waals surface area contributed by atoms with Crippen LogP contribution in [0, 0.1) is 6.92 Å². The standard InChI is InChI=1S/C11H13ClN4O/c1-6-8-9(15-11(12)13-6)16-5-3-2-4-7(16)10(17)14-8/h7H,2-5H2,1H3,(H,14,17). The second kappa shape index (κ2) is 3.84. The molecule has 0 radical (unpaired) electrons. The second-order valence-corrected chi connectivity index (χ2v) is 4.81. The average molecular weight is 253 g/mol. The lowest BCUT2D eigenvalue weighted by atomic mass is 9.99. The molecule has 0 aliphatic carbocycles. The van der Waals surface area contributed by atoms with Gasteiger partial charge in [0.2, 0.25) is 11.2 Å². The summed E-state index contributed by atoms with van der Waals surface area (Å²) >= 11 is 5.89. The number of fused-ring (bicyclic) bond motifs is 3. The highest BCUT2D eigenvalue weighted by molar-refractivity contribution is 6.28. The Balaban J connectivity index is 2.13. The van der Waals surface area contributed by atoms with Crippen LogP contribution in [0.5, 0.6) is 0 Å². The van der Waals surface area contributed by atoms with E-state index in [4.69, 9.17) is 11.6 Å². The molecule has 17 heavy (non-hydrogen) atoms. The van der Waals surface area contributed by atoms with E-state index in [1.54, 1.807) is 0 Å². The van der Waals surface area contributed by atoms with Crippen molar-refractivity contribution in [2.24, 2.45) is 0 Å². The minimum atomic E-state index is -0.0957. The highest BCUT2D eigenvalue weighted by Gasteiger charge is 2.36. The van der Waals surface area contributed by atoms with Crippen LogP contribution in [0.3, 0.4) is 0 Å². The fourth-order valence-electron chi connectivity index (χ4n) is 2.54. The predicted octanol–water partition coefficient (Wildman–Crippen LogP) is 1.75. The molecule has 1 amide bonds. The first-order valence-electron chi connectivity index (χ1n) is 5.78. The van der Waals surface area contributed by atoms with Gasteiger partial charge < -0.3 is 10.2 Å². The predicted molar refractivity (Wildman–Crippen MR) is 65.4 cm³/mol. The molecule has 1 saturated heterocycles. The number of nitrogens with zero attached hydrogens (tertiary/aromatic N) is 3. The number of amides is 1.